The molecule has 0 spiro atoms. The van der Waals surface area contributed by atoms with Gasteiger partial charge in [-0.05, 0) is 57.3 Å². The lowest BCUT2D eigenvalue weighted by molar-refractivity contribution is 0.248. The fraction of sp³-hybridized carbons (Fsp3) is 0.667. The van der Waals surface area contributed by atoms with Crippen molar-refractivity contribution in [3.8, 4) is 0 Å². The molecule has 1 aromatic carbocycles. The van der Waals surface area contributed by atoms with Crippen LogP contribution < -0.4 is 5.32 Å². The van der Waals surface area contributed by atoms with Crippen molar-refractivity contribution in [3.05, 3.63) is 35.4 Å². The van der Waals surface area contributed by atoms with Crippen LogP contribution in [-0.4, -0.2) is 42.8 Å². The predicted octanol–water partition coefficient (Wildman–Crippen LogP) is 2.74. The van der Waals surface area contributed by atoms with E-state index in [9.17, 15) is 0 Å². The minimum atomic E-state index is 0.335. The maximum atomic E-state index is 9.04. The first-order valence-corrected chi connectivity index (χ1v) is 8.36. The highest BCUT2D eigenvalue weighted by atomic mass is 16.3. The van der Waals surface area contributed by atoms with E-state index in [-0.39, 0.29) is 0 Å². The molecule has 3 nitrogen and oxygen atoms in total. The van der Waals surface area contributed by atoms with Crippen LogP contribution in [0.1, 0.15) is 43.4 Å². The Morgan fingerprint density at radius 3 is 2.76 bits per heavy atom. The van der Waals surface area contributed by atoms with Crippen LogP contribution in [0.2, 0.25) is 0 Å². The molecule has 118 valence electrons. The third kappa shape index (κ3) is 5.10. The van der Waals surface area contributed by atoms with Crippen molar-refractivity contribution >= 4 is 0 Å². The van der Waals surface area contributed by atoms with Crippen molar-refractivity contribution in [2.75, 3.05) is 32.8 Å². The van der Waals surface area contributed by atoms with Crippen LogP contribution in [0.4, 0.5) is 0 Å². The molecule has 1 aromatic rings. The minimum absolute atomic E-state index is 0.335. The van der Waals surface area contributed by atoms with Gasteiger partial charge in [0.25, 0.3) is 0 Å². The molecule has 0 saturated carbocycles. The average Bonchev–Trinajstić information content (AvgIpc) is 2.93. The summed E-state index contributed by atoms with van der Waals surface area (Å²) in [6, 6.07) is 9.36. The van der Waals surface area contributed by atoms with Gasteiger partial charge in [0.15, 0.2) is 0 Å². The summed E-state index contributed by atoms with van der Waals surface area (Å²) in [5.74, 6) is 0.701. The van der Waals surface area contributed by atoms with E-state index >= 15 is 0 Å². The molecule has 21 heavy (non-hydrogen) atoms. The summed E-state index contributed by atoms with van der Waals surface area (Å²) < 4.78 is 0. The molecule has 1 heterocycles. The van der Waals surface area contributed by atoms with Crippen molar-refractivity contribution < 1.29 is 5.11 Å². The lowest BCUT2D eigenvalue weighted by Gasteiger charge is -2.22. The van der Waals surface area contributed by atoms with E-state index in [2.05, 4.69) is 48.3 Å². The fourth-order valence-corrected chi connectivity index (χ4v) is 3.28. The number of nitrogens with zero attached hydrogens (tertiary/aromatic N) is 1. The van der Waals surface area contributed by atoms with E-state index in [1.807, 2.05) is 0 Å². The van der Waals surface area contributed by atoms with Crippen LogP contribution in [-0.2, 0) is 0 Å². The quantitative estimate of drug-likeness (QED) is 0.773. The normalized spacial score (nSPS) is 20.8. The van der Waals surface area contributed by atoms with Gasteiger partial charge in [0.1, 0.15) is 0 Å². The average molecular weight is 290 g/mol. The number of nitrogens with one attached hydrogen (secondary N) is 1. The smallest absolute Gasteiger partial charge is 0.0434 e. The molecule has 2 atom stereocenters. The Bertz CT molecular complexity index is 404. The van der Waals surface area contributed by atoms with Crippen molar-refractivity contribution in [2.24, 2.45) is 5.92 Å². The Labute approximate surface area is 129 Å². The first-order valence-electron chi connectivity index (χ1n) is 8.36. The molecule has 1 aliphatic heterocycles. The monoisotopic (exact) mass is 290 g/mol. The molecule has 0 aliphatic carbocycles. The summed E-state index contributed by atoms with van der Waals surface area (Å²) >= 11 is 0. The Morgan fingerprint density at radius 2 is 2.10 bits per heavy atom. The zero-order valence-electron chi connectivity index (χ0n) is 13.5. The van der Waals surface area contributed by atoms with Gasteiger partial charge >= 0.3 is 0 Å². The highest BCUT2D eigenvalue weighted by molar-refractivity contribution is 5.24. The molecule has 0 amide bonds. The highest BCUT2D eigenvalue weighted by Crippen LogP contribution is 2.22. The van der Waals surface area contributed by atoms with Crippen molar-refractivity contribution in [3.63, 3.8) is 0 Å². The van der Waals surface area contributed by atoms with Crippen LogP contribution in [0.5, 0.6) is 0 Å². The molecule has 2 N–H and O–H groups in total. The van der Waals surface area contributed by atoms with Crippen molar-refractivity contribution in [1.82, 2.24) is 10.2 Å². The topological polar surface area (TPSA) is 35.5 Å². The van der Waals surface area contributed by atoms with E-state index in [0.717, 1.165) is 32.5 Å². The zero-order valence-corrected chi connectivity index (χ0v) is 13.5. The standard InChI is InChI=1S/C18H30N2O/c1-3-19-18(17-6-4-15(2)5-7-17)9-12-20-11-8-16(14-20)10-13-21/h4-7,16,18-19,21H,3,8-14H2,1-2H3. The fourth-order valence-electron chi connectivity index (χ4n) is 3.28. The van der Waals surface area contributed by atoms with Crippen LogP contribution in [0, 0.1) is 12.8 Å². The number of aliphatic hydroxyl groups is 1. The Balaban J connectivity index is 1.84. The minimum Gasteiger partial charge on any atom is -0.396 e. The second-order valence-corrected chi connectivity index (χ2v) is 6.28. The van der Waals surface area contributed by atoms with Gasteiger partial charge in [0.05, 0.1) is 0 Å². The third-order valence-corrected chi connectivity index (χ3v) is 4.57. The van der Waals surface area contributed by atoms with E-state index in [1.165, 1.54) is 24.1 Å². The number of rotatable bonds is 8. The predicted molar refractivity (Wildman–Crippen MR) is 88.5 cm³/mol. The van der Waals surface area contributed by atoms with Gasteiger partial charge in [-0.15, -0.1) is 0 Å². The molecule has 3 heteroatoms. The van der Waals surface area contributed by atoms with E-state index in [4.69, 9.17) is 5.11 Å². The zero-order chi connectivity index (χ0) is 15.1. The highest BCUT2D eigenvalue weighted by Gasteiger charge is 2.22. The maximum Gasteiger partial charge on any atom is 0.0434 e. The maximum absolute atomic E-state index is 9.04. The SMILES string of the molecule is CCNC(CCN1CCC(CCO)C1)c1ccc(C)cc1. The Morgan fingerprint density at radius 1 is 1.33 bits per heavy atom. The van der Waals surface area contributed by atoms with Crippen molar-refractivity contribution in [1.29, 1.82) is 0 Å². The van der Waals surface area contributed by atoms with Gasteiger partial charge in [-0.1, -0.05) is 36.8 Å². The van der Waals surface area contributed by atoms with Gasteiger partial charge in [0.2, 0.25) is 0 Å². The van der Waals surface area contributed by atoms with E-state index in [1.54, 1.807) is 0 Å². The van der Waals surface area contributed by atoms with E-state index in [0.29, 0.717) is 18.6 Å². The summed E-state index contributed by atoms with van der Waals surface area (Å²) in [6.07, 6.45) is 3.37. The van der Waals surface area contributed by atoms with Crippen molar-refractivity contribution in [2.45, 2.75) is 39.2 Å². The summed E-state index contributed by atoms with van der Waals surface area (Å²) in [6.45, 7) is 9.15. The molecule has 0 aromatic heterocycles. The number of hydrogen-bond acceptors (Lipinski definition) is 3. The van der Waals surface area contributed by atoms with Gasteiger partial charge in [-0.3, -0.25) is 0 Å². The molecule has 2 unspecified atom stereocenters. The van der Waals surface area contributed by atoms with E-state index < -0.39 is 0 Å². The third-order valence-electron chi connectivity index (χ3n) is 4.57. The van der Waals surface area contributed by atoms with Crippen LogP contribution in [0.3, 0.4) is 0 Å². The lowest BCUT2D eigenvalue weighted by Crippen LogP contribution is -2.28. The van der Waals surface area contributed by atoms with Crippen LogP contribution in [0.15, 0.2) is 24.3 Å². The van der Waals surface area contributed by atoms with Crippen LogP contribution >= 0.6 is 0 Å². The first kappa shape index (κ1) is 16.5. The second kappa shape index (κ2) is 8.52. The van der Waals surface area contributed by atoms with Gasteiger partial charge in [-0.25, -0.2) is 0 Å². The molecule has 2 rings (SSSR count). The molecule has 0 bridgehead atoms. The first-order chi connectivity index (χ1) is 10.2. The molecule has 1 fully saturated rings. The largest absolute Gasteiger partial charge is 0.396 e. The molecule has 0 radical (unpaired) electrons. The van der Waals surface area contributed by atoms with Crippen LogP contribution in [0.25, 0.3) is 0 Å². The number of aliphatic hydroxyl groups excluding tert-OH is 1. The second-order valence-electron chi connectivity index (χ2n) is 6.28. The summed E-state index contributed by atoms with van der Waals surface area (Å²) in [5.41, 5.74) is 2.72. The molecular weight excluding hydrogens is 260 g/mol. The molecule has 1 aliphatic rings. The number of likely N-dealkylation sites (tertiary alicyclic amines) is 1. The number of benzene rings is 1. The summed E-state index contributed by atoms with van der Waals surface area (Å²) in [5, 5.41) is 12.7. The lowest BCUT2D eigenvalue weighted by atomic mass is 10.0. The van der Waals surface area contributed by atoms with Gasteiger partial charge < -0.3 is 15.3 Å². The molecule has 1 saturated heterocycles. The van der Waals surface area contributed by atoms with Gasteiger partial charge in [-0.2, -0.15) is 0 Å². The Kier molecular flexibility index (Phi) is 6.68. The summed E-state index contributed by atoms with van der Waals surface area (Å²) in [7, 11) is 0. The number of aryl methyl sites for hydroxylation is 1. The Hall–Kier alpha value is -0.900. The summed E-state index contributed by atoms with van der Waals surface area (Å²) in [4.78, 5) is 2.55. The number of hydrogen-bond donors (Lipinski definition) is 2. The molecular formula is C18H30N2O. The van der Waals surface area contributed by atoms with Gasteiger partial charge in [0, 0.05) is 19.2 Å².